The number of rotatable bonds is 4. The molecular weight excluding hydrogens is 279 g/mol. The van der Waals surface area contributed by atoms with Crippen molar-refractivity contribution < 1.29 is 0 Å². The molecule has 0 aliphatic rings. The van der Waals surface area contributed by atoms with Gasteiger partial charge in [0.2, 0.25) is 0 Å². The average molecular weight is 295 g/mol. The van der Waals surface area contributed by atoms with Crippen molar-refractivity contribution in [3.8, 4) is 0 Å². The van der Waals surface area contributed by atoms with Gasteiger partial charge in [0, 0.05) is 41.4 Å². The maximum absolute atomic E-state index is 6.18. The number of anilines is 1. The van der Waals surface area contributed by atoms with Gasteiger partial charge in [-0.1, -0.05) is 47.5 Å². The van der Waals surface area contributed by atoms with Gasteiger partial charge in [0.1, 0.15) is 0 Å². The predicted molar refractivity (Wildman–Crippen MR) is 82.9 cm³/mol. The highest BCUT2D eigenvalue weighted by Gasteiger charge is 2.11. The van der Waals surface area contributed by atoms with Crippen molar-refractivity contribution in [3.05, 3.63) is 63.6 Å². The number of hydrogen-bond acceptors (Lipinski definition) is 2. The molecule has 100 valence electrons. The normalized spacial score (nSPS) is 10.5. The van der Waals surface area contributed by atoms with E-state index in [1.807, 2.05) is 49.5 Å². The second-order valence-corrected chi connectivity index (χ2v) is 5.20. The summed E-state index contributed by atoms with van der Waals surface area (Å²) >= 11 is 12.4. The van der Waals surface area contributed by atoms with Gasteiger partial charge >= 0.3 is 0 Å². The number of benzene rings is 2. The first-order chi connectivity index (χ1) is 9.13. The lowest BCUT2D eigenvalue weighted by atomic mass is 10.1. The van der Waals surface area contributed by atoms with Gasteiger partial charge in [-0.05, 0) is 23.8 Å². The van der Waals surface area contributed by atoms with E-state index in [-0.39, 0.29) is 0 Å². The number of hydrogen-bond donors (Lipinski definition) is 1. The van der Waals surface area contributed by atoms with Crippen LogP contribution in [0.15, 0.2) is 42.5 Å². The molecule has 0 aliphatic heterocycles. The van der Waals surface area contributed by atoms with Gasteiger partial charge in [0.05, 0.1) is 0 Å². The Balaban J connectivity index is 2.28. The quantitative estimate of drug-likeness (QED) is 0.920. The van der Waals surface area contributed by atoms with Crippen LogP contribution in [0.5, 0.6) is 0 Å². The van der Waals surface area contributed by atoms with Crippen LogP contribution in [0.4, 0.5) is 5.69 Å². The molecular formula is C15H16Cl2N2. The molecule has 0 spiro atoms. The van der Waals surface area contributed by atoms with Crippen molar-refractivity contribution in [2.45, 2.75) is 13.1 Å². The molecule has 19 heavy (non-hydrogen) atoms. The Hall–Kier alpha value is -1.22. The summed E-state index contributed by atoms with van der Waals surface area (Å²) in [6.07, 6.45) is 0. The van der Waals surface area contributed by atoms with Crippen LogP contribution in [0.3, 0.4) is 0 Å². The van der Waals surface area contributed by atoms with Gasteiger partial charge in [0.15, 0.2) is 0 Å². The third-order valence-corrected chi connectivity index (χ3v) is 3.80. The molecule has 0 heterocycles. The minimum Gasteiger partial charge on any atom is -0.370 e. The summed E-state index contributed by atoms with van der Waals surface area (Å²) in [7, 11) is 2.01. The summed E-state index contributed by atoms with van der Waals surface area (Å²) in [6.45, 7) is 1.13. The number of halogens is 2. The zero-order valence-corrected chi connectivity index (χ0v) is 12.2. The molecule has 0 radical (unpaired) electrons. The summed E-state index contributed by atoms with van der Waals surface area (Å²) in [5.41, 5.74) is 8.85. The van der Waals surface area contributed by atoms with Gasteiger partial charge < -0.3 is 10.6 Å². The third kappa shape index (κ3) is 3.21. The van der Waals surface area contributed by atoms with Crippen molar-refractivity contribution >= 4 is 28.9 Å². The molecule has 0 fully saturated rings. The monoisotopic (exact) mass is 294 g/mol. The number of nitrogens with zero attached hydrogens (tertiary/aromatic N) is 1. The lowest BCUT2D eigenvalue weighted by Crippen LogP contribution is -2.19. The second kappa shape index (κ2) is 6.29. The van der Waals surface area contributed by atoms with Gasteiger partial charge in [0.25, 0.3) is 0 Å². The van der Waals surface area contributed by atoms with Crippen molar-refractivity contribution in [1.82, 2.24) is 0 Å². The van der Waals surface area contributed by atoms with Gasteiger partial charge in [-0.15, -0.1) is 0 Å². The number of nitrogens with two attached hydrogens (primary N) is 1. The molecule has 2 rings (SSSR count). The molecule has 0 atom stereocenters. The highest BCUT2D eigenvalue weighted by Crippen LogP contribution is 2.28. The lowest BCUT2D eigenvalue weighted by molar-refractivity contribution is 0.904. The lowest BCUT2D eigenvalue weighted by Gasteiger charge is -2.23. The van der Waals surface area contributed by atoms with E-state index in [1.165, 1.54) is 0 Å². The Kier molecular flexibility index (Phi) is 4.70. The second-order valence-electron chi connectivity index (χ2n) is 4.39. The van der Waals surface area contributed by atoms with E-state index in [4.69, 9.17) is 28.9 Å². The van der Waals surface area contributed by atoms with E-state index in [2.05, 4.69) is 4.90 Å². The van der Waals surface area contributed by atoms with Crippen LogP contribution in [-0.2, 0) is 13.1 Å². The zero-order valence-electron chi connectivity index (χ0n) is 10.7. The maximum atomic E-state index is 6.18. The van der Waals surface area contributed by atoms with E-state index < -0.39 is 0 Å². The molecule has 4 heteroatoms. The highest BCUT2D eigenvalue weighted by atomic mass is 35.5. The van der Waals surface area contributed by atoms with Crippen molar-refractivity contribution in [2.24, 2.45) is 5.73 Å². The minimum atomic E-state index is 0.419. The van der Waals surface area contributed by atoms with Crippen LogP contribution in [0.2, 0.25) is 10.0 Å². The van der Waals surface area contributed by atoms with Crippen LogP contribution in [-0.4, -0.2) is 7.05 Å². The van der Waals surface area contributed by atoms with Gasteiger partial charge in [-0.3, -0.25) is 0 Å². The first-order valence-electron chi connectivity index (χ1n) is 6.05. The fourth-order valence-electron chi connectivity index (χ4n) is 2.07. The SMILES string of the molecule is CN(Cc1ccccc1Cl)c1cccc(Cl)c1CN. The van der Waals surface area contributed by atoms with Crippen LogP contribution in [0.25, 0.3) is 0 Å². The van der Waals surface area contributed by atoms with E-state index in [0.29, 0.717) is 18.1 Å². The standard InChI is InChI=1S/C15H16Cl2N2/c1-19(10-11-5-2-3-6-13(11)16)15-8-4-7-14(17)12(15)9-18/h2-8H,9-10,18H2,1H3. The Bertz CT molecular complexity index is 570. The molecule has 0 aliphatic carbocycles. The van der Waals surface area contributed by atoms with Crippen LogP contribution in [0.1, 0.15) is 11.1 Å². The first-order valence-corrected chi connectivity index (χ1v) is 6.81. The fourth-order valence-corrected chi connectivity index (χ4v) is 2.52. The molecule has 0 bridgehead atoms. The first kappa shape index (κ1) is 14.2. The summed E-state index contributed by atoms with van der Waals surface area (Å²) in [6, 6.07) is 13.6. The third-order valence-electron chi connectivity index (χ3n) is 3.07. The smallest absolute Gasteiger partial charge is 0.0471 e. The fraction of sp³-hybridized carbons (Fsp3) is 0.200. The van der Waals surface area contributed by atoms with Gasteiger partial charge in [-0.25, -0.2) is 0 Å². The molecule has 0 saturated carbocycles. The van der Waals surface area contributed by atoms with Crippen molar-refractivity contribution in [1.29, 1.82) is 0 Å². The predicted octanol–water partition coefficient (Wildman–Crippen LogP) is 4.09. The minimum absolute atomic E-state index is 0.419. The van der Waals surface area contributed by atoms with E-state index in [9.17, 15) is 0 Å². The van der Waals surface area contributed by atoms with Crippen LogP contribution >= 0.6 is 23.2 Å². The van der Waals surface area contributed by atoms with Gasteiger partial charge in [-0.2, -0.15) is 0 Å². The highest BCUT2D eigenvalue weighted by molar-refractivity contribution is 6.32. The topological polar surface area (TPSA) is 29.3 Å². The Morgan fingerprint density at radius 3 is 2.37 bits per heavy atom. The zero-order chi connectivity index (χ0) is 13.8. The summed E-state index contributed by atoms with van der Waals surface area (Å²) in [5, 5.41) is 1.47. The summed E-state index contributed by atoms with van der Waals surface area (Å²) < 4.78 is 0. The summed E-state index contributed by atoms with van der Waals surface area (Å²) in [5.74, 6) is 0. The molecule has 0 saturated heterocycles. The van der Waals surface area contributed by atoms with Crippen LogP contribution < -0.4 is 10.6 Å². The van der Waals surface area contributed by atoms with E-state index >= 15 is 0 Å². The molecule has 0 unspecified atom stereocenters. The molecule has 2 aromatic rings. The molecule has 0 aromatic heterocycles. The van der Waals surface area contributed by atoms with Crippen LogP contribution in [0, 0.1) is 0 Å². The molecule has 2 nitrogen and oxygen atoms in total. The Morgan fingerprint density at radius 1 is 1.00 bits per heavy atom. The molecule has 2 N–H and O–H groups in total. The molecule has 2 aromatic carbocycles. The maximum Gasteiger partial charge on any atom is 0.0471 e. The molecule has 0 amide bonds. The van der Waals surface area contributed by atoms with E-state index in [1.54, 1.807) is 0 Å². The largest absolute Gasteiger partial charge is 0.370 e. The van der Waals surface area contributed by atoms with Crippen molar-refractivity contribution in [3.63, 3.8) is 0 Å². The summed E-state index contributed by atoms with van der Waals surface area (Å²) in [4.78, 5) is 2.11. The Labute approximate surface area is 123 Å². The van der Waals surface area contributed by atoms with Crippen molar-refractivity contribution in [2.75, 3.05) is 11.9 Å². The van der Waals surface area contributed by atoms with E-state index in [0.717, 1.165) is 21.8 Å². The Morgan fingerprint density at radius 2 is 1.68 bits per heavy atom. The average Bonchev–Trinajstić information content (AvgIpc) is 2.41.